The fourth-order valence-electron chi connectivity index (χ4n) is 2.02. The van der Waals surface area contributed by atoms with Gasteiger partial charge in [-0.25, -0.2) is 0 Å². The van der Waals surface area contributed by atoms with E-state index in [4.69, 9.17) is 4.74 Å². The van der Waals surface area contributed by atoms with Crippen molar-refractivity contribution in [3.05, 3.63) is 54.2 Å². The molecule has 0 saturated carbocycles. The highest BCUT2D eigenvalue weighted by Crippen LogP contribution is 2.35. The number of ether oxygens (including phenoxy) is 1. The Kier molecular flexibility index (Phi) is 3.22. The highest BCUT2D eigenvalue weighted by Gasteiger charge is 2.06. The van der Waals surface area contributed by atoms with Gasteiger partial charge in [0, 0.05) is 26.9 Å². The summed E-state index contributed by atoms with van der Waals surface area (Å²) in [5.74, 6) is 0.887. The molecule has 3 heteroatoms. The first-order valence-corrected chi connectivity index (χ1v) is 6.97. The van der Waals surface area contributed by atoms with Crippen LogP contribution in [0.3, 0.4) is 0 Å². The molecule has 0 radical (unpaired) electrons. The molecule has 96 valence electrons. The van der Waals surface area contributed by atoms with Crippen LogP contribution < -0.4 is 4.74 Å². The fourth-order valence-corrected chi connectivity index (χ4v) is 2.94. The monoisotopic (exact) mass is 269 g/mol. The first-order chi connectivity index (χ1) is 9.26. The molecule has 0 aliphatic carbocycles. The smallest absolute Gasteiger partial charge is 0.119 e. The van der Waals surface area contributed by atoms with E-state index in [0.29, 0.717) is 0 Å². The van der Waals surface area contributed by atoms with Crippen molar-refractivity contribution in [3.8, 4) is 5.75 Å². The van der Waals surface area contributed by atoms with Crippen LogP contribution in [-0.4, -0.2) is 12.1 Å². The summed E-state index contributed by atoms with van der Waals surface area (Å²) in [6.45, 7) is 2.10. The van der Waals surface area contributed by atoms with Crippen molar-refractivity contribution in [2.45, 2.75) is 16.7 Å². The van der Waals surface area contributed by atoms with E-state index in [1.54, 1.807) is 18.9 Å². The normalized spacial score (nSPS) is 10.8. The van der Waals surface area contributed by atoms with Gasteiger partial charge in [0.05, 0.1) is 7.11 Å². The minimum absolute atomic E-state index is 0.887. The Balaban J connectivity index is 1.98. The number of aromatic amines is 1. The summed E-state index contributed by atoms with van der Waals surface area (Å²) in [5, 5.41) is 1.20. The highest BCUT2D eigenvalue weighted by atomic mass is 32.2. The second kappa shape index (κ2) is 5.02. The Morgan fingerprint density at radius 3 is 2.58 bits per heavy atom. The van der Waals surface area contributed by atoms with Crippen LogP contribution in [0.15, 0.2) is 58.5 Å². The summed E-state index contributed by atoms with van der Waals surface area (Å²) in [6.07, 6.45) is 2.05. The predicted octanol–water partition coefficient (Wildman–Crippen LogP) is 4.64. The Bertz CT molecular complexity index is 700. The maximum absolute atomic E-state index is 5.29. The van der Waals surface area contributed by atoms with Crippen molar-refractivity contribution in [1.82, 2.24) is 4.98 Å². The van der Waals surface area contributed by atoms with Gasteiger partial charge in [-0.1, -0.05) is 29.5 Å². The average molecular weight is 269 g/mol. The van der Waals surface area contributed by atoms with Gasteiger partial charge in [0.2, 0.25) is 0 Å². The summed E-state index contributed by atoms with van der Waals surface area (Å²) in [6, 6.07) is 14.7. The van der Waals surface area contributed by atoms with Crippen molar-refractivity contribution in [3.63, 3.8) is 0 Å². The van der Waals surface area contributed by atoms with Crippen LogP contribution in [0.5, 0.6) is 5.75 Å². The minimum Gasteiger partial charge on any atom is -0.497 e. The summed E-state index contributed by atoms with van der Waals surface area (Å²) in [4.78, 5) is 5.76. The van der Waals surface area contributed by atoms with Crippen LogP contribution >= 0.6 is 11.8 Å². The second-order valence-electron chi connectivity index (χ2n) is 4.48. The van der Waals surface area contributed by atoms with Gasteiger partial charge < -0.3 is 9.72 Å². The van der Waals surface area contributed by atoms with E-state index in [2.05, 4.69) is 48.4 Å². The van der Waals surface area contributed by atoms with Crippen LogP contribution in [0.25, 0.3) is 10.9 Å². The molecular formula is C16H15NOS. The van der Waals surface area contributed by atoms with Gasteiger partial charge in [0.25, 0.3) is 0 Å². The third-order valence-electron chi connectivity index (χ3n) is 3.10. The first-order valence-electron chi connectivity index (χ1n) is 6.16. The number of fused-ring (bicyclic) bond motifs is 1. The molecule has 0 aliphatic heterocycles. The van der Waals surface area contributed by atoms with Crippen molar-refractivity contribution in [2.75, 3.05) is 7.11 Å². The summed E-state index contributed by atoms with van der Waals surface area (Å²) in [5.41, 5.74) is 2.42. The Morgan fingerprint density at radius 1 is 1.05 bits per heavy atom. The summed E-state index contributed by atoms with van der Waals surface area (Å²) in [7, 11) is 1.70. The molecule has 3 rings (SSSR count). The maximum atomic E-state index is 5.29. The van der Waals surface area contributed by atoms with Gasteiger partial charge in [-0.05, 0) is 37.3 Å². The summed E-state index contributed by atoms with van der Waals surface area (Å²) >= 11 is 1.76. The van der Waals surface area contributed by atoms with Crippen LogP contribution in [-0.2, 0) is 0 Å². The van der Waals surface area contributed by atoms with Gasteiger partial charge >= 0.3 is 0 Å². The van der Waals surface area contributed by atoms with Crippen LogP contribution in [0, 0.1) is 6.92 Å². The molecule has 1 N–H and O–H groups in total. The Morgan fingerprint density at radius 2 is 1.84 bits per heavy atom. The molecule has 0 bridgehead atoms. The van der Waals surface area contributed by atoms with Crippen molar-refractivity contribution < 1.29 is 4.74 Å². The number of methoxy groups -OCH3 is 1. The number of aryl methyl sites for hydroxylation is 1. The molecule has 19 heavy (non-hydrogen) atoms. The number of rotatable bonds is 3. The molecule has 0 atom stereocenters. The molecule has 0 saturated heterocycles. The molecule has 1 heterocycles. The lowest BCUT2D eigenvalue weighted by molar-refractivity contribution is 0.415. The topological polar surface area (TPSA) is 25.0 Å². The molecule has 0 amide bonds. The highest BCUT2D eigenvalue weighted by molar-refractivity contribution is 7.99. The van der Waals surface area contributed by atoms with E-state index >= 15 is 0 Å². The predicted molar refractivity (Wildman–Crippen MR) is 80.2 cm³/mol. The van der Waals surface area contributed by atoms with E-state index in [1.807, 2.05) is 12.1 Å². The zero-order chi connectivity index (χ0) is 13.2. The SMILES string of the molecule is COc1ccc2[nH]cc(Sc3ccc(C)cc3)c2c1. The average Bonchev–Trinajstić information content (AvgIpc) is 2.84. The number of aromatic nitrogens is 1. The molecule has 0 spiro atoms. The number of hydrogen-bond donors (Lipinski definition) is 1. The second-order valence-corrected chi connectivity index (χ2v) is 5.59. The van der Waals surface area contributed by atoms with E-state index in [1.165, 1.54) is 20.7 Å². The van der Waals surface area contributed by atoms with E-state index < -0.39 is 0 Å². The third-order valence-corrected chi connectivity index (χ3v) is 4.17. The largest absolute Gasteiger partial charge is 0.497 e. The molecular weight excluding hydrogens is 254 g/mol. The maximum Gasteiger partial charge on any atom is 0.119 e. The number of benzene rings is 2. The zero-order valence-corrected chi connectivity index (χ0v) is 11.8. The molecule has 1 aromatic heterocycles. The van der Waals surface area contributed by atoms with Gasteiger partial charge in [-0.15, -0.1) is 0 Å². The van der Waals surface area contributed by atoms with Gasteiger partial charge in [-0.3, -0.25) is 0 Å². The zero-order valence-electron chi connectivity index (χ0n) is 10.9. The van der Waals surface area contributed by atoms with Gasteiger partial charge in [-0.2, -0.15) is 0 Å². The molecule has 0 aliphatic rings. The van der Waals surface area contributed by atoms with Crippen LogP contribution in [0.1, 0.15) is 5.56 Å². The third kappa shape index (κ3) is 2.47. The molecule has 2 aromatic carbocycles. The number of nitrogens with one attached hydrogen (secondary N) is 1. The Hall–Kier alpha value is -1.87. The van der Waals surface area contributed by atoms with Gasteiger partial charge in [0.1, 0.15) is 5.75 Å². The number of H-pyrrole nitrogens is 1. The minimum atomic E-state index is 0.887. The lowest BCUT2D eigenvalue weighted by Gasteiger charge is -2.02. The van der Waals surface area contributed by atoms with Crippen molar-refractivity contribution >= 4 is 22.7 Å². The van der Waals surface area contributed by atoms with Crippen molar-refractivity contribution in [2.24, 2.45) is 0 Å². The fraction of sp³-hybridized carbons (Fsp3) is 0.125. The summed E-state index contributed by atoms with van der Waals surface area (Å²) < 4.78 is 5.29. The molecule has 2 nitrogen and oxygen atoms in total. The van der Waals surface area contributed by atoms with E-state index in [9.17, 15) is 0 Å². The number of hydrogen-bond acceptors (Lipinski definition) is 2. The van der Waals surface area contributed by atoms with E-state index in [-0.39, 0.29) is 0 Å². The van der Waals surface area contributed by atoms with E-state index in [0.717, 1.165) is 11.3 Å². The quantitative estimate of drug-likeness (QED) is 0.749. The van der Waals surface area contributed by atoms with Crippen LogP contribution in [0.4, 0.5) is 0 Å². The molecule has 3 aromatic rings. The standard InChI is InChI=1S/C16H15NOS/c1-11-3-6-13(7-4-11)19-16-10-17-15-8-5-12(18-2)9-14(15)16/h3-10,17H,1-2H3. The lowest BCUT2D eigenvalue weighted by Crippen LogP contribution is -1.81. The molecule has 0 unspecified atom stereocenters. The first kappa shape index (κ1) is 12.2. The molecule has 0 fully saturated rings. The Labute approximate surface area is 116 Å². The van der Waals surface area contributed by atoms with Gasteiger partial charge in [0.15, 0.2) is 0 Å². The lowest BCUT2D eigenvalue weighted by atomic mass is 10.2. The van der Waals surface area contributed by atoms with Crippen LogP contribution in [0.2, 0.25) is 0 Å². The van der Waals surface area contributed by atoms with Crippen molar-refractivity contribution in [1.29, 1.82) is 0 Å².